The van der Waals surface area contributed by atoms with Crippen LogP contribution in [-0.2, 0) is 15.8 Å². The maximum Gasteiger partial charge on any atom is 0.112 e. The summed E-state index contributed by atoms with van der Waals surface area (Å²) in [6.45, 7) is 4.01. The minimum atomic E-state index is -0.105. The fourth-order valence-corrected chi connectivity index (χ4v) is 3.74. The van der Waals surface area contributed by atoms with Crippen molar-refractivity contribution in [2.75, 3.05) is 20.2 Å². The van der Waals surface area contributed by atoms with Gasteiger partial charge in [-0.3, -0.25) is 0 Å². The SMILES string of the molecule is CNC[C@@]1(C)OCC2(CC2)c2ccsc21. The van der Waals surface area contributed by atoms with Gasteiger partial charge in [-0.05, 0) is 43.8 Å². The number of rotatable bonds is 2. The molecule has 82 valence electrons. The van der Waals surface area contributed by atoms with Crippen LogP contribution < -0.4 is 5.32 Å². The van der Waals surface area contributed by atoms with Crippen LogP contribution in [0.15, 0.2) is 11.4 Å². The van der Waals surface area contributed by atoms with Gasteiger partial charge in [0.05, 0.1) is 6.61 Å². The van der Waals surface area contributed by atoms with Crippen LogP contribution in [0.1, 0.15) is 30.2 Å². The highest BCUT2D eigenvalue weighted by Gasteiger charge is 2.53. The molecule has 1 aromatic heterocycles. The van der Waals surface area contributed by atoms with Gasteiger partial charge >= 0.3 is 0 Å². The van der Waals surface area contributed by atoms with Crippen LogP contribution in [0.4, 0.5) is 0 Å². The van der Waals surface area contributed by atoms with Crippen LogP contribution in [0.25, 0.3) is 0 Å². The molecule has 0 unspecified atom stereocenters. The van der Waals surface area contributed by atoms with Crippen molar-refractivity contribution in [1.29, 1.82) is 0 Å². The minimum absolute atomic E-state index is 0.105. The molecule has 1 aliphatic heterocycles. The van der Waals surface area contributed by atoms with E-state index < -0.39 is 0 Å². The van der Waals surface area contributed by atoms with Crippen LogP contribution in [0, 0.1) is 0 Å². The molecule has 1 spiro atoms. The Balaban J connectivity index is 2.04. The van der Waals surface area contributed by atoms with E-state index in [0.717, 1.165) is 13.2 Å². The maximum atomic E-state index is 6.12. The van der Waals surface area contributed by atoms with Gasteiger partial charge in [-0.25, -0.2) is 0 Å². The molecule has 0 saturated heterocycles. The van der Waals surface area contributed by atoms with E-state index in [1.54, 1.807) is 5.56 Å². The molecule has 2 heterocycles. The fourth-order valence-electron chi connectivity index (χ4n) is 2.61. The Morgan fingerprint density at radius 1 is 1.53 bits per heavy atom. The molecule has 2 nitrogen and oxygen atoms in total. The topological polar surface area (TPSA) is 21.3 Å². The first-order chi connectivity index (χ1) is 7.20. The Labute approximate surface area is 94.6 Å². The van der Waals surface area contributed by atoms with E-state index in [1.165, 1.54) is 17.7 Å². The molecule has 1 saturated carbocycles. The van der Waals surface area contributed by atoms with E-state index in [9.17, 15) is 0 Å². The van der Waals surface area contributed by atoms with E-state index in [-0.39, 0.29) is 5.60 Å². The molecule has 0 amide bonds. The Bertz CT molecular complexity index is 383. The van der Waals surface area contributed by atoms with Gasteiger partial charge in [0.15, 0.2) is 0 Å². The average Bonchev–Trinajstić information content (AvgIpc) is 2.80. The lowest BCUT2D eigenvalue weighted by atomic mass is 9.87. The second-order valence-electron chi connectivity index (χ2n) is 4.99. The highest BCUT2D eigenvalue weighted by Crippen LogP contribution is 2.56. The maximum absolute atomic E-state index is 6.12. The van der Waals surface area contributed by atoms with Crippen molar-refractivity contribution in [2.24, 2.45) is 0 Å². The first-order valence-electron chi connectivity index (χ1n) is 5.57. The number of likely N-dealkylation sites (N-methyl/N-ethyl adjacent to an activating group) is 1. The second-order valence-corrected chi connectivity index (χ2v) is 5.91. The fraction of sp³-hybridized carbons (Fsp3) is 0.667. The molecule has 1 aromatic rings. The second kappa shape index (κ2) is 3.06. The standard InChI is InChI=1S/C12H17NOS/c1-11(7-13-2)10-9(3-6-15-10)12(4-5-12)8-14-11/h3,6,13H,4-5,7-8H2,1-2H3/t11-/m1/s1. The lowest BCUT2D eigenvalue weighted by Gasteiger charge is -2.37. The zero-order valence-corrected chi connectivity index (χ0v) is 10.1. The molecule has 1 fully saturated rings. The summed E-state index contributed by atoms with van der Waals surface area (Å²) in [4.78, 5) is 1.45. The van der Waals surface area contributed by atoms with Gasteiger partial charge in [-0.15, -0.1) is 11.3 Å². The average molecular weight is 223 g/mol. The first-order valence-corrected chi connectivity index (χ1v) is 6.45. The highest BCUT2D eigenvalue weighted by atomic mass is 32.1. The highest BCUT2D eigenvalue weighted by molar-refractivity contribution is 7.10. The van der Waals surface area contributed by atoms with Crippen LogP contribution in [0.3, 0.4) is 0 Å². The molecule has 3 rings (SSSR count). The van der Waals surface area contributed by atoms with E-state index in [2.05, 4.69) is 23.7 Å². The lowest BCUT2D eigenvalue weighted by Crippen LogP contribution is -2.42. The molecule has 0 bridgehead atoms. The third-order valence-corrected chi connectivity index (χ3v) is 4.91. The number of ether oxygens (including phenoxy) is 1. The summed E-state index contributed by atoms with van der Waals surface area (Å²) in [7, 11) is 1.99. The molecule has 3 heteroatoms. The van der Waals surface area contributed by atoms with Gasteiger partial charge in [0.2, 0.25) is 0 Å². The summed E-state index contributed by atoms with van der Waals surface area (Å²) in [6.07, 6.45) is 2.62. The summed E-state index contributed by atoms with van der Waals surface area (Å²) >= 11 is 1.85. The van der Waals surface area contributed by atoms with Crippen LogP contribution in [0.2, 0.25) is 0 Å². The molecule has 1 atom stereocenters. The van der Waals surface area contributed by atoms with E-state index in [0.29, 0.717) is 5.41 Å². The quantitative estimate of drug-likeness (QED) is 0.830. The molecule has 15 heavy (non-hydrogen) atoms. The van der Waals surface area contributed by atoms with Crippen molar-refractivity contribution in [3.63, 3.8) is 0 Å². The van der Waals surface area contributed by atoms with Gasteiger partial charge in [0, 0.05) is 16.8 Å². The number of thiophene rings is 1. The number of hydrogen-bond donors (Lipinski definition) is 1. The molecule has 1 aliphatic carbocycles. The molecule has 1 N–H and O–H groups in total. The predicted molar refractivity (Wildman–Crippen MR) is 62.5 cm³/mol. The van der Waals surface area contributed by atoms with Crippen LogP contribution >= 0.6 is 11.3 Å². The third-order valence-electron chi connectivity index (χ3n) is 3.75. The van der Waals surface area contributed by atoms with E-state index in [1.807, 2.05) is 18.4 Å². The zero-order valence-electron chi connectivity index (χ0n) is 9.30. The summed E-state index contributed by atoms with van der Waals surface area (Å²) in [5.41, 5.74) is 1.87. The largest absolute Gasteiger partial charge is 0.367 e. The van der Waals surface area contributed by atoms with Gasteiger partial charge in [0.1, 0.15) is 5.60 Å². The summed E-state index contributed by atoms with van der Waals surface area (Å²) in [5, 5.41) is 5.45. The monoisotopic (exact) mass is 223 g/mol. The molecule has 0 radical (unpaired) electrons. The summed E-state index contributed by atoms with van der Waals surface area (Å²) in [6, 6.07) is 2.31. The van der Waals surface area contributed by atoms with Gasteiger partial charge < -0.3 is 10.1 Å². The zero-order chi connectivity index (χ0) is 10.5. The first kappa shape index (κ1) is 9.82. The van der Waals surface area contributed by atoms with Crippen molar-refractivity contribution < 1.29 is 4.74 Å². The van der Waals surface area contributed by atoms with Crippen molar-refractivity contribution in [1.82, 2.24) is 5.32 Å². The summed E-state index contributed by atoms with van der Waals surface area (Å²) in [5.74, 6) is 0. The van der Waals surface area contributed by atoms with Crippen molar-refractivity contribution in [3.8, 4) is 0 Å². The van der Waals surface area contributed by atoms with Crippen LogP contribution in [0.5, 0.6) is 0 Å². The summed E-state index contributed by atoms with van der Waals surface area (Å²) < 4.78 is 6.12. The Morgan fingerprint density at radius 2 is 2.33 bits per heavy atom. The third kappa shape index (κ3) is 1.30. The van der Waals surface area contributed by atoms with Gasteiger partial charge in [-0.2, -0.15) is 0 Å². The number of nitrogens with one attached hydrogen (secondary N) is 1. The lowest BCUT2D eigenvalue weighted by molar-refractivity contribution is -0.0556. The van der Waals surface area contributed by atoms with Crippen molar-refractivity contribution in [2.45, 2.75) is 30.8 Å². The van der Waals surface area contributed by atoms with Gasteiger partial charge in [-0.1, -0.05) is 0 Å². The van der Waals surface area contributed by atoms with Crippen molar-refractivity contribution in [3.05, 3.63) is 21.9 Å². The molecular weight excluding hydrogens is 206 g/mol. The molecular formula is C12H17NOS. The van der Waals surface area contributed by atoms with E-state index in [4.69, 9.17) is 4.74 Å². The number of fused-ring (bicyclic) bond motifs is 2. The molecule has 2 aliphatic rings. The Hall–Kier alpha value is -0.380. The van der Waals surface area contributed by atoms with Gasteiger partial charge in [0.25, 0.3) is 0 Å². The smallest absolute Gasteiger partial charge is 0.112 e. The Morgan fingerprint density at radius 3 is 3.00 bits per heavy atom. The van der Waals surface area contributed by atoms with Crippen molar-refractivity contribution >= 4 is 11.3 Å². The predicted octanol–water partition coefficient (Wildman–Crippen LogP) is 2.24. The number of hydrogen-bond acceptors (Lipinski definition) is 3. The normalized spacial score (nSPS) is 31.6. The van der Waals surface area contributed by atoms with E-state index >= 15 is 0 Å². The Kier molecular flexibility index (Phi) is 2.00. The van der Waals surface area contributed by atoms with Crippen LogP contribution in [-0.4, -0.2) is 20.2 Å². The minimum Gasteiger partial charge on any atom is -0.367 e. The molecule has 0 aromatic carbocycles.